The van der Waals surface area contributed by atoms with Gasteiger partial charge >= 0.3 is 0 Å². The summed E-state index contributed by atoms with van der Waals surface area (Å²) in [5.74, 6) is 2.00. The Labute approximate surface area is 86.8 Å². The molecule has 2 N–H and O–H groups in total. The van der Waals surface area contributed by atoms with Crippen LogP contribution in [0, 0.1) is 11.8 Å². The first kappa shape index (κ1) is 9.17. The van der Waals surface area contributed by atoms with Crippen LogP contribution in [0.15, 0.2) is 0 Å². The monoisotopic (exact) mass is 194 g/mol. The van der Waals surface area contributed by atoms with Crippen LogP contribution in [0.1, 0.15) is 38.5 Å². The summed E-state index contributed by atoms with van der Waals surface area (Å²) >= 11 is 0. The number of likely N-dealkylation sites (N-methyl/N-ethyl adjacent to an activating group) is 1. The Bertz CT molecular complexity index is 236. The fraction of sp³-hybridized carbons (Fsp3) is 1.00. The first-order chi connectivity index (χ1) is 6.78. The lowest BCUT2D eigenvalue weighted by Crippen LogP contribution is -2.58. The van der Waals surface area contributed by atoms with Crippen LogP contribution in [0.4, 0.5) is 0 Å². The van der Waals surface area contributed by atoms with Crippen molar-refractivity contribution in [1.29, 1.82) is 0 Å². The minimum absolute atomic E-state index is 0.412. The zero-order valence-electron chi connectivity index (χ0n) is 9.21. The zero-order valence-corrected chi connectivity index (χ0v) is 9.21. The minimum atomic E-state index is 0.412. The van der Waals surface area contributed by atoms with Gasteiger partial charge in [0.1, 0.15) is 0 Å². The number of fused-ring (bicyclic) bond motifs is 1. The third-order valence-electron chi connectivity index (χ3n) is 5.24. The van der Waals surface area contributed by atoms with E-state index in [2.05, 4.69) is 11.9 Å². The van der Waals surface area contributed by atoms with Gasteiger partial charge in [-0.15, -0.1) is 0 Å². The van der Waals surface area contributed by atoms with E-state index in [1.54, 1.807) is 0 Å². The van der Waals surface area contributed by atoms with Gasteiger partial charge in [-0.3, -0.25) is 4.90 Å². The van der Waals surface area contributed by atoms with Gasteiger partial charge in [-0.2, -0.15) is 0 Å². The summed E-state index contributed by atoms with van der Waals surface area (Å²) in [6, 6.07) is 0.859. The molecule has 14 heavy (non-hydrogen) atoms. The number of nitrogens with zero attached hydrogens (tertiary/aromatic N) is 1. The van der Waals surface area contributed by atoms with E-state index in [9.17, 15) is 0 Å². The van der Waals surface area contributed by atoms with Crippen molar-refractivity contribution >= 4 is 0 Å². The maximum absolute atomic E-state index is 6.06. The Kier molecular flexibility index (Phi) is 1.94. The van der Waals surface area contributed by atoms with Gasteiger partial charge in [-0.05, 0) is 51.0 Å². The first-order valence-corrected chi connectivity index (χ1v) is 6.21. The molecule has 0 amide bonds. The molecular weight excluding hydrogens is 172 g/mol. The van der Waals surface area contributed by atoms with Crippen molar-refractivity contribution in [2.24, 2.45) is 17.6 Å². The van der Waals surface area contributed by atoms with Gasteiger partial charge in [0, 0.05) is 18.1 Å². The Balaban J connectivity index is 1.78. The molecule has 0 saturated heterocycles. The van der Waals surface area contributed by atoms with Gasteiger partial charge in [0.2, 0.25) is 0 Å². The van der Waals surface area contributed by atoms with Crippen molar-refractivity contribution in [2.45, 2.75) is 50.1 Å². The zero-order chi connectivity index (χ0) is 9.76. The van der Waals surface area contributed by atoms with Crippen molar-refractivity contribution in [2.75, 3.05) is 13.6 Å². The van der Waals surface area contributed by atoms with E-state index in [1.165, 1.54) is 38.5 Å². The molecule has 0 aliphatic heterocycles. The van der Waals surface area contributed by atoms with Crippen molar-refractivity contribution in [3.05, 3.63) is 0 Å². The van der Waals surface area contributed by atoms with Crippen LogP contribution < -0.4 is 5.73 Å². The van der Waals surface area contributed by atoms with Crippen LogP contribution in [0.3, 0.4) is 0 Å². The molecule has 3 unspecified atom stereocenters. The molecule has 2 nitrogen and oxygen atoms in total. The highest BCUT2D eigenvalue weighted by molar-refractivity contribution is 5.14. The van der Waals surface area contributed by atoms with E-state index in [-0.39, 0.29) is 0 Å². The third kappa shape index (κ3) is 1.04. The number of rotatable bonds is 3. The summed E-state index contributed by atoms with van der Waals surface area (Å²) in [6.07, 6.45) is 8.54. The highest BCUT2D eigenvalue weighted by atomic mass is 15.2. The molecule has 0 heterocycles. The first-order valence-electron chi connectivity index (χ1n) is 6.21. The predicted molar refractivity (Wildman–Crippen MR) is 58.0 cm³/mol. The summed E-state index contributed by atoms with van der Waals surface area (Å²) in [4.78, 5) is 2.66. The van der Waals surface area contributed by atoms with Crippen LogP contribution in [0.5, 0.6) is 0 Å². The lowest BCUT2D eigenvalue weighted by molar-refractivity contribution is 0.0273. The van der Waals surface area contributed by atoms with Gasteiger partial charge < -0.3 is 5.73 Å². The van der Waals surface area contributed by atoms with E-state index < -0.39 is 0 Å². The fourth-order valence-electron chi connectivity index (χ4n) is 3.82. The fourth-order valence-corrected chi connectivity index (χ4v) is 3.82. The molecular formula is C12H22N2. The molecule has 3 aliphatic rings. The molecule has 3 saturated carbocycles. The molecule has 3 aliphatic carbocycles. The molecule has 0 radical (unpaired) electrons. The van der Waals surface area contributed by atoms with Gasteiger partial charge in [-0.1, -0.05) is 6.42 Å². The summed E-state index contributed by atoms with van der Waals surface area (Å²) in [7, 11) is 2.33. The smallest absolute Gasteiger partial charge is 0.0362 e. The average Bonchev–Trinajstić information content (AvgIpc) is 2.78. The lowest BCUT2D eigenvalue weighted by atomic mass is 9.83. The molecule has 80 valence electrons. The van der Waals surface area contributed by atoms with Gasteiger partial charge in [0.25, 0.3) is 0 Å². The van der Waals surface area contributed by atoms with Crippen LogP contribution in [0.2, 0.25) is 0 Å². The topological polar surface area (TPSA) is 29.3 Å². The van der Waals surface area contributed by atoms with Crippen LogP contribution in [0.25, 0.3) is 0 Å². The second-order valence-corrected chi connectivity index (χ2v) is 5.64. The van der Waals surface area contributed by atoms with E-state index >= 15 is 0 Å². The third-order valence-corrected chi connectivity index (χ3v) is 5.24. The molecule has 0 aromatic carbocycles. The molecule has 0 bridgehead atoms. The number of nitrogens with two attached hydrogens (primary N) is 1. The average molecular weight is 194 g/mol. The van der Waals surface area contributed by atoms with E-state index in [0.717, 1.165) is 24.4 Å². The molecule has 0 aromatic rings. The van der Waals surface area contributed by atoms with Crippen molar-refractivity contribution in [1.82, 2.24) is 4.90 Å². The Morgan fingerprint density at radius 2 is 2.14 bits per heavy atom. The van der Waals surface area contributed by atoms with Crippen LogP contribution in [-0.2, 0) is 0 Å². The lowest BCUT2D eigenvalue weighted by Gasteiger charge is -2.47. The maximum Gasteiger partial charge on any atom is 0.0362 e. The normalized spacial score (nSPS) is 46.5. The summed E-state index contributed by atoms with van der Waals surface area (Å²) in [5, 5.41) is 0. The number of hydrogen-bond acceptors (Lipinski definition) is 2. The molecule has 0 spiro atoms. The molecule has 2 heteroatoms. The van der Waals surface area contributed by atoms with Crippen molar-refractivity contribution in [3.63, 3.8) is 0 Å². The second-order valence-electron chi connectivity index (χ2n) is 5.64. The highest BCUT2D eigenvalue weighted by Gasteiger charge is 2.59. The summed E-state index contributed by atoms with van der Waals surface area (Å²) in [5.41, 5.74) is 6.47. The van der Waals surface area contributed by atoms with Crippen molar-refractivity contribution in [3.8, 4) is 0 Å². The van der Waals surface area contributed by atoms with Gasteiger partial charge in [-0.25, -0.2) is 0 Å². The second kappa shape index (κ2) is 2.96. The summed E-state index contributed by atoms with van der Waals surface area (Å²) < 4.78 is 0. The molecule has 3 fully saturated rings. The Morgan fingerprint density at radius 3 is 2.50 bits per heavy atom. The molecule has 3 atom stereocenters. The molecule has 0 aromatic heterocycles. The standard InChI is InChI=1S/C12H22N2/c1-14(10-3-2-4-10)12(8-13)6-5-9-7-11(9)12/h9-11H,2-8,13H2,1H3. The largest absolute Gasteiger partial charge is 0.329 e. The Hall–Kier alpha value is -0.0800. The van der Waals surface area contributed by atoms with E-state index in [0.29, 0.717) is 5.54 Å². The van der Waals surface area contributed by atoms with E-state index in [1.807, 2.05) is 0 Å². The van der Waals surface area contributed by atoms with Crippen LogP contribution in [-0.4, -0.2) is 30.1 Å². The number of hydrogen-bond donors (Lipinski definition) is 1. The Morgan fingerprint density at radius 1 is 1.36 bits per heavy atom. The van der Waals surface area contributed by atoms with Crippen LogP contribution >= 0.6 is 0 Å². The highest BCUT2D eigenvalue weighted by Crippen LogP contribution is 2.60. The SMILES string of the molecule is CN(C1CCC1)C1(CN)CCC2CC21. The van der Waals surface area contributed by atoms with E-state index in [4.69, 9.17) is 5.73 Å². The predicted octanol–water partition coefficient (Wildman–Crippen LogP) is 1.60. The van der Waals surface area contributed by atoms with Crippen molar-refractivity contribution < 1.29 is 0 Å². The van der Waals surface area contributed by atoms with Gasteiger partial charge in [0.15, 0.2) is 0 Å². The summed E-state index contributed by atoms with van der Waals surface area (Å²) in [6.45, 7) is 0.890. The minimum Gasteiger partial charge on any atom is -0.329 e. The quantitative estimate of drug-likeness (QED) is 0.739. The maximum atomic E-state index is 6.06. The molecule has 3 rings (SSSR count). The van der Waals surface area contributed by atoms with Gasteiger partial charge in [0.05, 0.1) is 0 Å².